The molecule has 0 aliphatic heterocycles. The van der Waals surface area contributed by atoms with E-state index in [0.717, 1.165) is 6.42 Å². The lowest BCUT2D eigenvalue weighted by Gasteiger charge is -2.22. The molecule has 0 radical (unpaired) electrons. The fourth-order valence-electron chi connectivity index (χ4n) is 1.61. The predicted molar refractivity (Wildman–Crippen MR) is 46.3 cm³/mol. The number of rotatable bonds is 2. The number of nitrogens with two attached hydrogens (primary N) is 1. The summed E-state index contributed by atoms with van der Waals surface area (Å²) in [6.45, 7) is 1.49. The lowest BCUT2D eigenvalue weighted by molar-refractivity contribution is -0.151. The molecule has 2 N–H and O–H groups in total. The van der Waals surface area contributed by atoms with E-state index in [9.17, 15) is 9.59 Å². The second-order valence-electron chi connectivity index (χ2n) is 3.19. The molecule has 0 heterocycles. The first-order chi connectivity index (χ1) is 6.16. The zero-order valence-corrected chi connectivity index (χ0v) is 7.53. The molecule has 72 valence electrons. The summed E-state index contributed by atoms with van der Waals surface area (Å²) in [7, 11) is 0. The number of carbonyl (C=O) groups excluding carboxylic acids is 2. The molecule has 0 aromatic heterocycles. The molecule has 1 rings (SSSR count). The van der Waals surface area contributed by atoms with Crippen LogP contribution in [0.3, 0.4) is 0 Å². The average molecular weight is 183 g/mol. The highest BCUT2D eigenvalue weighted by molar-refractivity contribution is 5.86. The minimum Gasteiger partial charge on any atom is -0.373 e. The molecule has 2 unspecified atom stereocenters. The maximum absolute atomic E-state index is 11.1. The van der Waals surface area contributed by atoms with E-state index in [1.165, 1.54) is 6.92 Å². The van der Waals surface area contributed by atoms with E-state index in [1.807, 2.05) is 6.08 Å². The maximum atomic E-state index is 11.1. The molecular weight excluding hydrogens is 170 g/mol. The summed E-state index contributed by atoms with van der Waals surface area (Å²) in [5.74, 6) is 3.50. The topological polar surface area (TPSA) is 69.4 Å². The number of hydrogen-bond donors (Lipinski definition) is 1. The molecule has 0 saturated carbocycles. The number of Topliss-reactive ketones (excluding diaryl/α,β-unsaturated/α-hetero) is 1. The van der Waals surface area contributed by atoms with Crippen LogP contribution in [0.5, 0.6) is 0 Å². The Kier molecular flexibility index (Phi) is 3.19. The molecule has 4 heteroatoms. The number of ketones is 1. The fourth-order valence-corrected chi connectivity index (χ4v) is 1.61. The summed E-state index contributed by atoms with van der Waals surface area (Å²) in [6.07, 6.45) is 5.11. The van der Waals surface area contributed by atoms with Crippen LogP contribution in [-0.2, 0) is 14.4 Å². The van der Waals surface area contributed by atoms with Crippen LogP contribution in [0.4, 0.5) is 0 Å². The van der Waals surface area contributed by atoms with Crippen LogP contribution in [0.2, 0.25) is 0 Å². The van der Waals surface area contributed by atoms with E-state index < -0.39 is 11.9 Å². The lowest BCUT2D eigenvalue weighted by Crippen LogP contribution is -2.31. The SMILES string of the molecule is CC(=O)C1CCC=CC1C(=O)ON. The van der Waals surface area contributed by atoms with Crippen molar-refractivity contribution in [3.05, 3.63) is 12.2 Å². The summed E-state index contributed by atoms with van der Waals surface area (Å²) in [4.78, 5) is 26.4. The van der Waals surface area contributed by atoms with Crippen molar-refractivity contribution in [2.75, 3.05) is 0 Å². The smallest absolute Gasteiger partial charge is 0.331 e. The molecule has 0 fully saturated rings. The van der Waals surface area contributed by atoms with E-state index in [0.29, 0.717) is 6.42 Å². The normalized spacial score (nSPS) is 26.9. The number of hydrogen-bond acceptors (Lipinski definition) is 4. The quantitative estimate of drug-likeness (QED) is 0.502. The Balaban J connectivity index is 2.77. The van der Waals surface area contributed by atoms with Crippen LogP contribution in [0.15, 0.2) is 12.2 Å². The highest BCUT2D eigenvalue weighted by Gasteiger charge is 2.31. The molecule has 0 amide bonds. The Morgan fingerprint density at radius 3 is 2.77 bits per heavy atom. The molecule has 0 aromatic rings. The predicted octanol–water partition coefficient (Wildman–Crippen LogP) is 0.575. The zero-order chi connectivity index (χ0) is 9.84. The van der Waals surface area contributed by atoms with Gasteiger partial charge >= 0.3 is 5.97 Å². The molecule has 0 spiro atoms. The van der Waals surface area contributed by atoms with E-state index >= 15 is 0 Å². The Morgan fingerprint density at radius 2 is 2.23 bits per heavy atom. The molecule has 1 aliphatic carbocycles. The van der Waals surface area contributed by atoms with Gasteiger partial charge in [0.15, 0.2) is 0 Å². The summed E-state index contributed by atoms with van der Waals surface area (Å²) in [5, 5.41) is 0. The van der Waals surface area contributed by atoms with E-state index in [2.05, 4.69) is 4.84 Å². The molecule has 1 aliphatic rings. The highest BCUT2D eigenvalue weighted by Crippen LogP contribution is 2.26. The van der Waals surface area contributed by atoms with Crippen LogP contribution in [0, 0.1) is 11.8 Å². The molecular formula is C9H13NO3. The van der Waals surface area contributed by atoms with Gasteiger partial charge in [-0.3, -0.25) is 4.79 Å². The van der Waals surface area contributed by atoms with Crippen LogP contribution in [0.25, 0.3) is 0 Å². The van der Waals surface area contributed by atoms with Crippen molar-refractivity contribution in [3.63, 3.8) is 0 Å². The van der Waals surface area contributed by atoms with Crippen molar-refractivity contribution in [1.82, 2.24) is 0 Å². The van der Waals surface area contributed by atoms with E-state index in [4.69, 9.17) is 5.90 Å². The Morgan fingerprint density at radius 1 is 1.54 bits per heavy atom. The van der Waals surface area contributed by atoms with Crippen molar-refractivity contribution >= 4 is 11.8 Å². The van der Waals surface area contributed by atoms with Gasteiger partial charge in [0.2, 0.25) is 0 Å². The Hall–Kier alpha value is -1.16. The van der Waals surface area contributed by atoms with E-state index in [-0.39, 0.29) is 11.7 Å². The van der Waals surface area contributed by atoms with Gasteiger partial charge in [0.1, 0.15) is 5.78 Å². The van der Waals surface area contributed by atoms with Crippen LogP contribution in [-0.4, -0.2) is 11.8 Å². The lowest BCUT2D eigenvalue weighted by atomic mass is 9.81. The first-order valence-electron chi connectivity index (χ1n) is 4.24. The molecule has 0 aromatic carbocycles. The third kappa shape index (κ3) is 2.15. The van der Waals surface area contributed by atoms with E-state index in [1.54, 1.807) is 6.08 Å². The third-order valence-electron chi connectivity index (χ3n) is 2.33. The van der Waals surface area contributed by atoms with Gasteiger partial charge in [-0.25, -0.2) is 4.79 Å². The monoisotopic (exact) mass is 183 g/mol. The van der Waals surface area contributed by atoms with Gasteiger partial charge < -0.3 is 4.84 Å². The molecule has 2 atom stereocenters. The summed E-state index contributed by atoms with van der Waals surface area (Å²) in [5.41, 5.74) is 0. The summed E-state index contributed by atoms with van der Waals surface area (Å²) >= 11 is 0. The summed E-state index contributed by atoms with van der Waals surface area (Å²) < 4.78 is 0. The van der Waals surface area contributed by atoms with Crippen molar-refractivity contribution in [3.8, 4) is 0 Å². The number of allylic oxidation sites excluding steroid dienone is 1. The highest BCUT2D eigenvalue weighted by atomic mass is 16.7. The van der Waals surface area contributed by atoms with Gasteiger partial charge in [-0.2, -0.15) is 5.90 Å². The average Bonchev–Trinajstić information content (AvgIpc) is 2.16. The fraction of sp³-hybridized carbons (Fsp3) is 0.556. The van der Waals surface area contributed by atoms with Crippen LogP contribution < -0.4 is 5.90 Å². The van der Waals surface area contributed by atoms with Crippen molar-refractivity contribution < 1.29 is 14.4 Å². The largest absolute Gasteiger partial charge is 0.373 e. The molecule has 4 nitrogen and oxygen atoms in total. The van der Waals surface area contributed by atoms with Crippen molar-refractivity contribution in [1.29, 1.82) is 0 Å². The van der Waals surface area contributed by atoms with Gasteiger partial charge in [-0.05, 0) is 19.8 Å². The molecule has 0 bridgehead atoms. The van der Waals surface area contributed by atoms with Gasteiger partial charge in [-0.1, -0.05) is 12.2 Å². The van der Waals surface area contributed by atoms with Gasteiger partial charge in [-0.15, -0.1) is 0 Å². The minimum absolute atomic E-state index is 0.0137. The number of carbonyl (C=O) groups is 2. The van der Waals surface area contributed by atoms with Crippen molar-refractivity contribution in [2.45, 2.75) is 19.8 Å². The second-order valence-corrected chi connectivity index (χ2v) is 3.19. The van der Waals surface area contributed by atoms with Gasteiger partial charge in [0, 0.05) is 5.92 Å². The van der Waals surface area contributed by atoms with Gasteiger partial charge in [0.05, 0.1) is 5.92 Å². The maximum Gasteiger partial charge on any atom is 0.331 e. The Labute approximate surface area is 76.7 Å². The second kappa shape index (κ2) is 4.18. The molecule has 0 saturated heterocycles. The minimum atomic E-state index is -0.531. The van der Waals surface area contributed by atoms with Gasteiger partial charge in [0.25, 0.3) is 0 Å². The Bertz CT molecular complexity index is 247. The first-order valence-corrected chi connectivity index (χ1v) is 4.24. The zero-order valence-electron chi connectivity index (χ0n) is 7.53. The third-order valence-corrected chi connectivity index (χ3v) is 2.33. The summed E-state index contributed by atoms with van der Waals surface area (Å²) in [6, 6.07) is 0. The molecule has 13 heavy (non-hydrogen) atoms. The first kappa shape index (κ1) is 9.92. The standard InChI is InChI=1S/C9H13NO3/c1-6(11)7-4-2-3-5-8(7)9(12)13-10/h3,5,7-8H,2,4,10H2,1H3. The van der Waals surface area contributed by atoms with Crippen molar-refractivity contribution in [2.24, 2.45) is 17.7 Å². The van der Waals surface area contributed by atoms with Crippen LogP contribution >= 0.6 is 0 Å². The van der Waals surface area contributed by atoms with Crippen LogP contribution in [0.1, 0.15) is 19.8 Å².